The summed E-state index contributed by atoms with van der Waals surface area (Å²) in [6.07, 6.45) is -0.290. The Morgan fingerprint density at radius 3 is 2.75 bits per heavy atom. The number of hydrogen-bond donors (Lipinski definition) is 0. The van der Waals surface area contributed by atoms with Crippen LogP contribution < -0.4 is 9.47 Å². The van der Waals surface area contributed by atoms with Crippen LogP contribution in [-0.4, -0.2) is 43.5 Å². The summed E-state index contributed by atoms with van der Waals surface area (Å²) in [7, 11) is 1.52. The first kappa shape index (κ1) is 15.0. The molecule has 0 aromatic heterocycles. The lowest BCUT2D eigenvalue weighted by atomic mass is 10.3. The van der Waals surface area contributed by atoms with Crippen LogP contribution >= 0.6 is 15.9 Å². The molecule has 1 heterocycles. The molecule has 110 valence electrons. The maximum Gasteiger partial charge on any atom is 0.267 e. The minimum absolute atomic E-state index is 0.0640. The van der Waals surface area contributed by atoms with Gasteiger partial charge in [0.2, 0.25) is 0 Å². The summed E-state index contributed by atoms with van der Waals surface area (Å²) in [5.41, 5.74) is 0. The number of carbonyl (C=O) groups excluding carboxylic acids is 1. The molecule has 0 radical (unpaired) electrons. The van der Waals surface area contributed by atoms with E-state index in [1.165, 1.54) is 7.11 Å². The second-order valence-corrected chi connectivity index (χ2v) is 5.28. The van der Waals surface area contributed by atoms with Crippen LogP contribution in [0.25, 0.3) is 0 Å². The van der Waals surface area contributed by atoms with Crippen molar-refractivity contribution < 1.29 is 23.0 Å². The fourth-order valence-electron chi connectivity index (χ4n) is 1.94. The average molecular weight is 350 g/mol. The van der Waals surface area contributed by atoms with Gasteiger partial charge in [-0.1, -0.05) is 6.07 Å². The number of alkyl halides is 2. The number of amides is 1. The maximum absolute atomic E-state index is 13.0. The Morgan fingerprint density at radius 2 is 2.15 bits per heavy atom. The van der Waals surface area contributed by atoms with Crippen LogP contribution in [0.2, 0.25) is 0 Å². The van der Waals surface area contributed by atoms with Gasteiger partial charge in [-0.05, 0) is 28.1 Å². The van der Waals surface area contributed by atoms with Gasteiger partial charge in [-0.15, -0.1) is 0 Å². The van der Waals surface area contributed by atoms with Crippen LogP contribution in [0.15, 0.2) is 22.7 Å². The molecule has 1 aliphatic rings. The largest absolute Gasteiger partial charge is 0.495 e. The van der Waals surface area contributed by atoms with Crippen LogP contribution in [0.4, 0.5) is 8.78 Å². The van der Waals surface area contributed by atoms with E-state index in [1.807, 2.05) is 0 Å². The van der Waals surface area contributed by atoms with Gasteiger partial charge in [-0.25, -0.2) is 8.78 Å². The molecule has 2 rings (SSSR count). The lowest BCUT2D eigenvalue weighted by molar-refractivity contribution is -0.133. The predicted octanol–water partition coefficient (Wildman–Crippen LogP) is 2.70. The number of benzene rings is 1. The number of halogens is 3. The van der Waals surface area contributed by atoms with Crippen LogP contribution in [0.1, 0.15) is 6.42 Å². The summed E-state index contributed by atoms with van der Waals surface area (Å²) in [5, 5.41) is 0. The highest BCUT2D eigenvalue weighted by molar-refractivity contribution is 9.10. The summed E-state index contributed by atoms with van der Waals surface area (Å²) in [4.78, 5) is 12.9. The number of ether oxygens (including phenoxy) is 2. The van der Waals surface area contributed by atoms with E-state index < -0.39 is 18.4 Å². The molecular formula is C13H14BrF2NO3. The smallest absolute Gasteiger partial charge is 0.267 e. The number of likely N-dealkylation sites (tertiary alicyclic amines) is 1. The van der Waals surface area contributed by atoms with E-state index in [4.69, 9.17) is 9.47 Å². The minimum Gasteiger partial charge on any atom is -0.495 e. The molecule has 4 nitrogen and oxygen atoms in total. The Labute approximate surface area is 123 Å². The van der Waals surface area contributed by atoms with Gasteiger partial charge in [0, 0.05) is 13.0 Å². The summed E-state index contributed by atoms with van der Waals surface area (Å²) >= 11 is 3.30. The first-order valence-electron chi connectivity index (χ1n) is 6.04. The van der Waals surface area contributed by atoms with Gasteiger partial charge in [0.15, 0.2) is 6.61 Å². The van der Waals surface area contributed by atoms with Gasteiger partial charge in [0.25, 0.3) is 11.8 Å². The van der Waals surface area contributed by atoms with E-state index in [0.717, 1.165) is 4.90 Å². The molecule has 1 saturated heterocycles. The number of hydrogen-bond acceptors (Lipinski definition) is 3. The van der Waals surface area contributed by atoms with Gasteiger partial charge in [0.05, 0.1) is 13.7 Å². The Morgan fingerprint density at radius 1 is 1.45 bits per heavy atom. The fourth-order valence-corrected chi connectivity index (χ4v) is 2.48. The molecule has 0 saturated carbocycles. The van der Waals surface area contributed by atoms with Crippen LogP contribution in [-0.2, 0) is 4.79 Å². The highest BCUT2D eigenvalue weighted by Gasteiger charge is 2.40. The van der Waals surface area contributed by atoms with E-state index in [1.54, 1.807) is 18.2 Å². The third kappa shape index (κ3) is 3.39. The first-order chi connectivity index (χ1) is 9.43. The highest BCUT2D eigenvalue weighted by atomic mass is 79.9. The SMILES string of the molecule is COc1cccc(OCC(=O)N2CCC(F)(F)C2)c1Br. The van der Waals surface area contributed by atoms with Crippen molar-refractivity contribution in [2.45, 2.75) is 12.3 Å². The van der Waals surface area contributed by atoms with Gasteiger partial charge >= 0.3 is 0 Å². The lowest BCUT2D eigenvalue weighted by Gasteiger charge is -2.17. The summed E-state index contributed by atoms with van der Waals surface area (Å²) < 4.78 is 37.1. The number of rotatable bonds is 4. The summed E-state index contributed by atoms with van der Waals surface area (Å²) in [6.45, 7) is -0.745. The maximum atomic E-state index is 13.0. The average Bonchev–Trinajstić information content (AvgIpc) is 2.77. The van der Waals surface area contributed by atoms with Crippen molar-refractivity contribution in [1.29, 1.82) is 0 Å². The second-order valence-electron chi connectivity index (χ2n) is 4.48. The third-order valence-corrected chi connectivity index (χ3v) is 3.80. The third-order valence-electron chi connectivity index (χ3n) is 3.02. The molecule has 1 aromatic rings. The minimum atomic E-state index is -2.79. The van der Waals surface area contributed by atoms with E-state index in [2.05, 4.69) is 15.9 Å². The molecule has 0 atom stereocenters. The van der Waals surface area contributed by atoms with Gasteiger partial charge < -0.3 is 14.4 Å². The van der Waals surface area contributed by atoms with Crippen molar-refractivity contribution in [3.63, 3.8) is 0 Å². The zero-order chi connectivity index (χ0) is 14.8. The second kappa shape index (κ2) is 5.95. The standard InChI is InChI=1S/C13H14BrF2NO3/c1-19-9-3-2-4-10(12(9)14)20-7-11(18)17-6-5-13(15,16)8-17/h2-4H,5-8H2,1H3. The van der Waals surface area contributed by atoms with Crippen molar-refractivity contribution in [2.24, 2.45) is 0 Å². The zero-order valence-electron chi connectivity index (χ0n) is 10.9. The van der Waals surface area contributed by atoms with Crippen molar-refractivity contribution in [2.75, 3.05) is 26.8 Å². The molecule has 0 unspecified atom stereocenters. The van der Waals surface area contributed by atoms with Crippen LogP contribution in [0.5, 0.6) is 11.5 Å². The monoisotopic (exact) mass is 349 g/mol. The topological polar surface area (TPSA) is 38.8 Å². The molecule has 0 bridgehead atoms. The normalized spacial score (nSPS) is 17.1. The Balaban J connectivity index is 1.94. The van der Waals surface area contributed by atoms with Crippen LogP contribution in [0, 0.1) is 0 Å². The number of carbonyl (C=O) groups is 1. The van der Waals surface area contributed by atoms with E-state index in [0.29, 0.717) is 16.0 Å². The predicted molar refractivity (Wildman–Crippen MR) is 72.3 cm³/mol. The van der Waals surface area contributed by atoms with Gasteiger partial charge in [-0.3, -0.25) is 4.79 Å². The summed E-state index contributed by atoms with van der Waals surface area (Å²) in [6, 6.07) is 5.12. The first-order valence-corrected chi connectivity index (χ1v) is 6.83. The van der Waals surface area contributed by atoms with E-state index in [-0.39, 0.29) is 19.6 Å². The van der Waals surface area contributed by atoms with Gasteiger partial charge in [0.1, 0.15) is 16.0 Å². The van der Waals surface area contributed by atoms with Crippen molar-refractivity contribution in [3.05, 3.63) is 22.7 Å². The fraction of sp³-hybridized carbons (Fsp3) is 0.462. The molecule has 0 N–H and O–H groups in total. The molecule has 0 aliphatic carbocycles. The van der Waals surface area contributed by atoms with E-state index >= 15 is 0 Å². The van der Waals surface area contributed by atoms with Crippen LogP contribution in [0.3, 0.4) is 0 Å². The molecule has 1 aliphatic heterocycles. The molecule has 1 fully saturated rings. The molecular weight excluding hydrogens is 336 g/mol. The molecule has 20 heavy (non-hydrogen) atoms. The van der Waals surface area contributed by atoms with E-state index in [9.17, 15) is 13.6 Å². The number of methoxy groups -OCH3 is 1. The zero-order valence-corrected chi connectivity index (χ0v) is 12.5. The van der Waals surface area contributed by atoms with Crippen molar-refractivity contribution >= 4 is 21.8 Å². The molecule has 0 spiro atoms. The number of nitrogens with zero attached hydrogens (tertiary/aromatic N) is 1. The van der Waals surface area contributed by atoms with Gasteiger partial charge in [-0.2, -0.15) is 0 Å². The van der Waals surface area contributed by atoms with Crippen molar-refractivity contribution in [3.8, 4) is 11.5 Å². The highest BCUT2D eigenvalue weighted by Crippen LogP contribution is 2.34. The molecule has 1 amide bonds. The Bertz CT molecular complexity index is 510. The Hall–Kier alpha value is -1.37. The molecule has 1 aromatic carbocycles. The molecule has 7 heteroatoms. The quantitative estimate of drug-likeness (QED) is 0.838. The summed E-state index contributed by atoms with van der Waals surface area (Å²) in [5.74, 6) is -2.23. The van der Waals surface area contributed by atoms with Crippen molar-refractivity contribution in [1.82, 2.24) is 4.90 Å². The Kier molecular flexibility index (Phi) is 4.47. The lowest BCUT2D eigenvalue weighted by Crippen LogP contribution is -2.34.